The van der Waals surface area contributed by atoms with E-state index in [-0.39, 0.29) is 6.61 Å². The van der Waals surface area contributed by atoms with Gasteiger partial charge in [-0.05, 0) is 65.7 Å². The highest BCUT2D eigenvalue weighted by molar-refractivity contribution is 5.86. The maximum absolute atomic E-state index is 12.3. The van der Waals surface area contributed by atoms with Crippen molar-refractivity contribution in [1.29, 1.82) is 0 Å². The Morgan fingerprint density at radius 1 is 0.692 bits per heavy atom. The Labute approximate surface area is 227 Å². The zero-order valence-electron chi connectivity index (χ0n) is 21.8. The number of hydrogen-bond donors (Lipinski definition) is 1. The van der Waals surface area contributed by atoms with Crippen LogP contribution in [0.15, 0.2) is 102 Å². The number of hydrogen-bond acceptors (Lipinski definition) is 7. The zero-order chi connectivity index (χ0) is 27.3. The van der Waals surface area contributed by atoms with E-state index in [0.29, 0.717) is 41.8 Å². The molecule has 0 saturated carbocycles. The molecule has 0 atom stereocenters. The molecule has 0 bridgehead atoms. The van der Waals surface area contributed by atoms with Crippen molar-refractivity contribution in [1.82, 2.24) is 5.43 Å². The summed E-state index contributed by atoms with van der Waals surface area (Å²) in [7, 11) is 3.20. The van der Waals surface area contributed by atoms with Crippen LogP contribution in [0.25, 0.3) is 0 Å². The molecule has 8 nitrogen and oxygen atoms in total. The molecular weight excluding hydrogens is 496 g/mol. The molecule has 0 aliphatic carbocycles. The minimum absolute atomic E-state index is 0.196. The highest BCUT2D eigenvalue weighted by atomic mass is 16.5. The SMILES string of the molecule is COc1cccc(COc2ccc(OC)cc2/C=N\NC(=O)COc2ccc(OCc3ccccc3)cc2)c1. The lowest BCUT2D eigenvalue weighted by molar-refractivity contribution is -0.123. The quantitative estimate of drug-likeness (QED) is 0.186. The second-order valence-corrected chi connectivity index (χ2v) is 8.37. The van der Waals surface area contributed by atoms with E-state index in [4.69, 9.17) is 23.7 Å². The molecule has 0 fully saturated rings. The lowest BCUT2D eigenvalue weighted by Crippen LogP contribution is -2.24. The number of nitrogens with one attached hydrogen (secondary N) is 1. The minimum Gasteiger partial charge on any atom is -0.497 e. The normalized spacial score (nSPS) is 10.6. The Hall–Kier alpha value is -4.98. The first-order valence-electron chi connectivity index (χ1n) is 12.3. The maximum Gasteiger partial charge on any atom is 0.277 e. The predicted molar refractivity (Wildman–Crippen MR) is 149 cm³/mol. The average molecular weight is 527 g/mol. The van der Waals surface area contributed by atoms with Crippen molar-refractivity contribution in [2.45, 2.75) is 13.2 Å². The third kappa shape index (κ3) is 8.53. The first-order valence-corrected chi connectivity index (χ1v) is 12.3. The van der Waals surface area contributed by atoms with Crippen molar-refractivity contribution in [3.63, 3.8) is 0 Å². The number of ether oxygens (including phenoxy) is 5. The van der Waals surface area contributed by atoms with E-state index in [1.807, 2.05) is 54.6 Å². The number of nitrogens with zero attached hydrogens (tertiary/aromatic N) is 1. The monoisotopic (exact) mass is 526 g/mol. The summed E-state index contributed by atoms with van der Waals surface area (Å²) in [5, 5.41) is 4.06. The van der Waals surface area contributed by atoms with Crippen molar-refractivity contribution in [2.75, 3.05) is 20.8 Å². The summed E-state index contributed by atoms with van der Waals surface area (Å²) >= 11 is 0. The van der Waals surface area contributed by atoms with Crippen LogP contribution in [0.2, 0.25) is 0 Å². The van der Waals surface area contributed by atoms with E-state index in [1.165, 1.54) is 6.21 Å². The summed E-state index contributed by atoms with van der Waals surface area (Å²) in [4.78, 5) is 12.3. The highest BCUT2D eigenvalue weighted by Crippen LogP contribution is 2.24. The summed E-state index contributed by atoms with van der Waals surface area (Å²) in [5.74, 6) is 2.82. The molecule has 1 amide bonds. The van der Waals surface area contributed by atoms with Gasteiger partial charge >= 0.3 is 0 Å². The van der Waals surface area contributed by atoms with Crippen molar-refractivity contribution in [3.05, 3.63) is 114 Å². The van der Waals surface area contributed by atoms with E-state index >= 15 is 0 Å². The smallest absolute Gasteiger partial charge is 0.277 e. The summed E-state index contributed by atoms with van der Waals surface area (Å²) in [5.41, 5.74) is 5.15. The van der Waals surface area contributed by atoms with Gasteiger partial charge in [0.2, 0.25) is 0 Å². The molecule has 4 aromatic carbocycles. The van der Waals surface area contributed by atoms with Gasteiger partial charge in [-0.3, -0.25) is 4.79 Å². The topological polar surface area (TPSA) is 87.6 Å². The molecule has 0 heterocycles. The molecule has 0 aliphatic heterocycles. The number of rotatable bonds is 13. The van der Waals surface area contributed by atoms with Crippen LogP contribution in [0.3, 0.4) is 0 Å². The van der Waals surface area contributed by atoms with Gasteiger partial charge in [-0.2, -0.15) is 5.10 Å². The van der Waals surface area contributed by atoms with Gasteiger partial charge in [-0.1, -0.05) is 42.5 Å². The highest BCUT2D eigenvalue weighted by Gasteiger charge is 2.07. The molecule has 8 heteroatoms. The van der Waals surface area contributed by atoms with Gasteiger partial charge in [0.25, 0.3) is 5.91 Å². The van der Waals surface area contributed by atoms with E-state index in [1.54, 1.807) is 56.7 Å². The van der Waals surface area contributed by atoms with E-state index in [0.717, 1.165) is 16.9 Å². The summed E-state index contributed by atoms with van der Waals surface area (Å²) in [6.07, 6.45) is 1.50. The third-order valence-electron chi connectivity index (χ3n) is 5.58. The van der Waals surface area contributed by atoms with Crippen LogP contribution < -0.4 is 29.1 Å². The molecule has 0 spiro atoms. The van der Waals surface area contributed by atoms with Crippen LogP contribution in [0.1, 0.15) is 16.7 Å². The molecule has 0 unspecified atom stereocenters. The van der Waals surface area contributed by atoms with Crippen molar-refractivity contribution >= 4 is 12.1 Å². The molecule has 0 aromatic heterocycles. The average Bonchev–Trinajstić information content (AvgIpc) is 2.99. The van der Waals surface area contributed by atoms with Crippen LogP contribution in [0, 0.1) is 0 Å². The molecule has 0 radical (unpaired) electrons. The Kier molecular flexibility index (Phi) is 9.78. The Balaban J connectivity index is 1.27. The molecule has 0 aliphatic rings. The van der Waals surface area contributed by atoms with Gasteiger partial charge in [-0.25, -0.2) is 5.43 Å². The van der Waals surface area contributed by atoms with E-state index in [9.17, 15) is 4.79 Å². The maximum atomic E-state index is 12.3. The van der Waals surface area contributed by atoms with Crippen LogP contribution in [0.4, 0.5) is 0 Å². The van der Waals surface area contributed by atoms with Crippen LogP contribution in [0.5, 0.6) is 28.7 Å². The van der Waals surface area contributed by atoms with E-state index < -0.39 is 5.91 Å². The molecule has 4 aromatic rings. The predicted octanol–water partition coefficient (Wildman–Crippen LogP) is 5.39. The number of methoxy groups -OCH3 is 2. The molecule has 0 saturated heterocycles. The second-order valence-electron chi connectivity index (χ2n) is 8.37. The first-order chi connectivity index (χ1) is 19.1. The van der Waals surface area contributed by atoms with Crippen molar-refractivity contribution in [2.24, 2.45) is 5.10 Å². The van der Waals surface area contributed by atoms with Gasteiger partial charge in [0.15, 0.2) is 6.61 Å². The van der Waals surface area contributed by atoms with Gasteiger partial charge < -0.3 is 23.7 Å². The summed E-state index contributed by atoms with van der Waals surface area (Å²) in [6, 6.07) is 30.0. The molecule has 39 heavy (non-hydrogen) atoms. The molecule has 1 N–H and O–H groups in total. The van der Waals surface area contributed by atoms with Gasteiger partial charge in [0.05, 0.1) is 20.4 Å². The number of amides is 1. The lowest BCUT2D eigenvalue weighted by Gasteiger charge is -2.11. The lowest BCUT2D eigenvalue weighted by atomic mass is 10.2. The molecule has 200 valence electrons. The number of benzene rings is 4. The fraction of sp³-hybridized carbons (Fsp3) is 0.161. The van der Waals surface area contributed by atoms with E-state index in [2.05, 4.69) is 10.5 Å². The van der Waals surface area contributed by atoms with Crippen molar-refractivity contribution in [3.8, 4) is 28.7 Å². The van der Waals surface area contributed by atoms with Crippen LogP contribution in [-0.2, 0) is 18.0 Å². The zero-order valence-corrected chi connectivity index (χ0v) is 21.8. The van der Waals surface area contributed by atoms with Gasteiger partial charge in [-0.15, -0.1) is 0 Å². The molecular formula is C31H30N2O6. The summed E-state index contributed by atoms with van der Waals surface area (Å²) < 4.78 is 27.9. The van der Waals surface area contributed by atoms with Gasteiger partial charge in [0, 0.05) is 5.56 Å². The third-order valence-corrected chi connectivity index (χ3v) is 5.58. The van der Waals surface area contributed by atoms with Crippen molar-refractivity contribution < 1.29 is 28.5 Å². The largest absolute Gasteiger partial charge is 0.497 e. The Morgan fingerprint density at radius 3 is 2.08 bits per heavy atom. The minimum atomic E-state index is -0.405. The van der Waals surface area contributed by atoms with Crippen LogP contribution in [-0.4, -0.2) is 32.9 Å². The second kappa shape index (κ2) is 14.1. The standard InChI is InChI=1S/C31H30N2O6/c1-35-28-10-6-9-24(17-28)21-39-30-16-15-29(36-2)18-25(30)19-32-33-31(34)22-38-27-13-11-26(12-14-27)37-20-23-7-4-3-5-8-23/h3-19H,20-22H2,1-2H3,(H,33,34)/b32-19-. The number of hydrazone groups is 1. The molecule has 4 rings (SSSR count). The summed E-state index contributed by atoms with van der Waals surface area (Å²) in [6.45, 7) is 0.613. The number of carbonyl (C=O) groups is 1. The Bertz CT molecular complexity index is 1370. The van der Waals surface area contributed by atoms with Gasteiger partial charge in [0.1, 0.15) is 42.0 Å². The Morgan fingerprint density at radius 2 is 1.33 bits per heavy atom. The number of carbonyl (C=O) groups excluding carboxylic acids is 1. The first kappa shape index (κ1) is 27.1. The van der Waals surface area contributed by atoms with Crippen LogP contribution >= 0.6 is 0 Å². The fourth-order valence-electron chi connectivity index (χ4n) is 3.54. The fourth-order valence-corrected chi connectivity index (χ4v) is 3.54.